The molecule has 2 atom stereocenters. The number of benzene rings is 1. The molecule has 2 rings (SSSR count). The second-order valence-electron chi connectivity index (χ2n) is 5.21. The maximum Gasteiger partial charge on any atom is 0.269 e. The largest absolute Gasteiger partial charge is 0.369 e. The van der Waals surface area contributed by atoms with Crippen molar-refractivity contribution in [2.45, 2.75) is 38.3 Å². The third kappa shape index (κ3) is 3.54. The fraction of sp³-hybridized carbons (Fsp3) is 0.500. The minimum atomic E-state index is -0.406. The molecule has 3 N–H and O–H groups in total. The number of hydrogen-bond donors (Lipinski definition) is 2. The van der Waals surface area contributed by atoms with Crippen LogP contribution in [0.15, 0.2) is 24.3 Å². The summed E-state index contributed by atoms with van der Waals surface area (Å²) in [7, 11) is 0. The smallest absolute Gasteiger partial charge is 0.269 e. The molecule has 108 valence electrons. The summed E-state index contributed by atoms with van der Waals surface area (Å²) in [6.45, 7) is 0.510. The number of primary amides is 1. The highest BCUT2D eigenvalue weighted by atomic mass is 16.6. The van der Waals surface area contributed by atoms with Gasteiger partial charge < -0.3 is 11.1 Å². The number of nitro groups is 1. The Hall–Kier alpha value is -1.95. The lowest BCUT2D eigenvalue weighted by Crippen LogP contribution is -2.44. The fourth-order valence-electron chi connectivity index (χ4n) is 2.74. The zero-order chi connectivity index (χ0) is 14.5. The molecule has 6 nitrogen and oxygen atoms in total. The number of nitrogens with two attached hydrogens (primary N) is 1. The van der Waals surface area contributed by atoms with Gasteiger partial charge in [0.2, 0.25) is 5.91 Å². The number of hydrogen-bond acceptors (Lipinski definition) is 4. The van der Waals surface area contributed by atoms with Crippen molar-refractivity contribution in [3.63, 3.8) is 0 Å². The summed E-state index contributed by atoms with van der Waals surface area (Å²) in [4.78, 5) is 21.7. The van der Waals surface area contributed by atoms with Crippen LogP contribution in [-0.2, 0) is 11.3 Å². The molecule has 0 bridgehead atoms. The first kappa shape index (κ1) is 14.5. The molecule has 1 aromatic rings. The number of nitro benzene ring substituents is 1. The van der Waals surface area contributed by atoms with Crippen LogP contribution in [0, 0.1) is 16.0 Å². The number of carbonyl (C=O) groups excluding carboxylic acids is 1. The van der Waals surface area contributed by atoms with Gasteiger partial charge in [-0.2, -0.15) is 0 Å². The average Bonchev–Trinajstić information content (AvgIpc) is 2.45. The van der Waals surface area contributed by atoms with Crippen molar-refractivity contribution in [3.8, 4) is 0 Å². The SMILES string of the molecule is NC(=O)[C@H]1CCCC[C@H]1NCc1cccc([N+](=O)[O-])c1. The van der Waals surface area contributed by atoms with Crippen molar-refractivity contribution >= 4 is 11.6 Å². The van der Waals surface area contributed by atoms with E-state index >= 15 is 0 Å². The molecule has 0 saturated heterocycles. The molecule has 6 heteroatoms. The summed E-state index contributed by atoms with van der Waals surface area (Å²) in [6, 6.07) is 6.59. The van der Waals surface area contributed by atoms with Crippen LogP contribution < -0.4 is 11.1 Å². The van der Waals surface area contributed by atoms with Crippen molar-refractivity contribution in [3.05, 3.63) is 39.9 Å². The van der Waals surface area contributed by atoms with Gasteiger partial charge in [0.05, 0.1) is 10.8 Å². The van der Waals surface area contributed by atoms with Crippen LogP contribution in [0.1, 0.15) is 31.2 Å². The third-order valence-electron chi connectivity index (χ3n) is 3.82. The van der Waals surface area contributed by atoms with E-state index < -0.39 is 4.92 Å². The van der Waals surface area contributed by atoms with Crippen LogP contribution >= 0.6 is 0 Å². The van der Waals surface area contributed by atoms with Gasteiger partial charge in [-0.15, -0.1) is 0 Å². The van der Waals surface area contributed by atoms with E-state index in [1.807, 2.05) is 6.07 Å². The van der Waals surface area contributed by atoms with Crippen LogP contribution in [0.5, 0.6) is 0 Å². The third-order valence-corrected chi connectivity index (χ3v) is 3.82. The second-order valence-corrected chi connectivity index (χ2v) is 5.21. The van der Waals surface area contributed by atoms with Gasteiger partial charge in [-0.25, -0.2) is 0 Å². The average molecular weight is 277 g/mol. The predicted molar refractivity (Wildman–Crippen MR) is 74.9 cm³/mol. The van der Waals surface area contributed by atoms with Gasteiger partial charge in [-0.3, -0.25) is 14.9 Å². The van der Waals surface area contributed by atoms with E-state index in [-0.39, 0.29) is 23.6 Å². The van der Waals surface area contributed by atoms with Gasteiger partial charge in [0.1, 0.15) is 0 Å². The Bertz CT molecular complexity index is 504. The minimum Gasteiger partial charge on any atom is -0.369 e. The summed E-state index contributed by atoms with van der Waals surface area (Å²) in [5.41, 5.74) is 6.35. The molecular formula is C14H19N3O3. The molecule has 0 aromatic heterocycles. The molecule has 0 heterocycles. The van der Waals surface area contributed by atoms with Crippen LogP contribution in [0.4, 0.5) is 5.69 Å². The molecule has 1 saturated carbocycles. The first-order chi connectivity index (χ1) is 9.58. The monoisotopic (exact) mass is 277 g/mol. The number of amides is 1. The second kappa shape index (κ2) is 6.47. The number of non-ortho nitro benzene ring substituents is 1. The minimum absolute atomic E-state index is 0.0699. The van der Waals surface area contributed by atoms with Gasteiger partial charge in [0.15, 0.2) is 0 Å². The van der Waals surface area contributed by atoms with E-state index in [0.29, 0.717) is 6.54 Å². The van der Waals surface area contributed by atoms with Gasteiger partial charge in [-0.05, 0) is 18.4 Å². The number of nitrogens with zero attached hydrogens (tertiary/aromatic N) is 1. The molecule has 0 spiro atoms. The summed E-state index contributed by atoms with van der Waals surface area (Å²) in [5, 5.41) is 14.0. The molecule has 1 aliphatic rings. The molecule has 1 fully saturated rings. The first-order valence-electron chi connectivity index (χ1n) is 6.84. The highest BCUT2D eigenvalue weighted by Gasteiger charge is 2.28. The van der Waals surface area contributed by atoms with Gasteiger partial charge in [0, 0.05) is 24.7 Å². The van der Waals surface area contributed by atoms with Crippen molar-refractivity contribution in [2.75, 3.05) is 0 Å². The molecule has 1 aromatic carbocycles. The van der Waals surface area contributed by atoms with Gasteiger partial charge in [-0.1, -0.05) is 25.0 Å². The molecule has 0 aliphatic heterocycles. The Morgan fingerprint density at radius 2 is 2.15 bits per heavy atom. The zero-order valence-corrected chi connectivity index (χ0v) is 11.2. The molecule has 1 aliphatic carbocycles. The summed E-state index contributed by atoms with van der Waals surface area (Å²) < 4.78 is 0. The number of nitrogens with one attached hydrogen (secondary N) is 1. The van der Waals surface area contributed by atoms with Crippen molar-refractivity contribution in [1.82, 2.24) is 5.32 Å². The van der Waals surface area contributed by atoms with Crippen molar-refractivity contribution < 1.29 is 9.72 Å². The first-order valence-corrected chi connectivity index (χ1v) is 6.84. The molecule has 0 unspecified atom stereocenters. The zero-order valence-electron chi connectivity index (χ0n) is 11.2. The molecule has 0 radical (unpaired) electrons. The summed E-state index contributed by atoms with van der Waals surface area (Å²) >= 11 is 0. The van der Waals surface area contributed by atoms with E-state index in [0.717, 1.165) is 31.2 Å². The van der Waals surface area contributed by atoms with E-state index in [4.69, 9.17) is 5.73 Å². The van der Waals surface area contributed by atoms with E-state index in [1.54, 1.807) is 12.1 Å². The van der Waals surface area contributed by atoms with Crippen LogP contribution in [0.25, 0.3) is 0 Å². The Labute approximate surface area is 117 Å². The summed E-state index contributed by atoms with van der Waals surface area (Å²) in [6.07, 6.45) is 3.85. The van der Waals surface area contributed by atoms with Gasteiger partial charge in [0.25, 0.3) is 5.69 Å². The standard InChI is InChI=1S/C14H19N3O3/c15-14(18)12-6-1-2-7-13(12)16-9-10-4-3-5-11(8-10)17(19)20/h3-5,8,12-13,16H,1-2,6-7,9H2,(H2,15,18)/t12-,13+/m0/s1. The lowest BCUT2D eigenvalue weighted by Gasteiger charge is -2.30. The maximum absolute atomic E-state index is 11.4. The Balaban J connectivity index is 1.98. The molecule has 20 heavy (non-hydrogen) atoms. The molecular weight excluding hydrogens is 258 g/mol. The number of carbonyl (C=O) groups is 1. The van der Waals surface area contributed by atoms with Crippen LogP contribution in [-0.4, -0.2) is 16.9 Å². The Morgan fingerprint density at radius 3 is 2.85 bits per heavy atom. The Kier molecular flexibility index (Phi) is 4.68. The van der Waals surface area contributed by atoms with Crippen LogP contribution in [0.2, 0.25) is 0 Å². The lowest BCUT2D eigenvalue weighted by molar-refractivity contribution is -0.384. The van der Waals surface area contributed by atoms with Crippen molar-refractivity contribution in [2.24, 2.45) is 11.7 Å². The quantitative estimate of drug-likeness (QED) is 0.632. The van der Waals surface area contributed by atoms with E-state index in [1.165, 1.54) is 6.07 Å². The highest BCUT2D eigenvalue weighted by Crippen LogP contribution is 2.24. The summed E-state index contributed by atoms with van der Waals surface area (Å²) in [5.74, 6) is -0.399. The highest BCUT2D eigenvalue weighted by molar-refractivity contribution is 5.77. The molecule has 1 amide bonds. The van der Waals surface area contributed by atoms with Crippen molar-refractivity contribution in [1.29, 1.82) is 0 Å². The number of rotatable bonds is 5. The van der Waals surface area contributed by atoms with E-state index in [9.17, 15) is 14.9 Å². The lowest BCUT2D eigenvalue weighted by atomic mass is 9.84. The maximum atomic E-state index is 11.4. The van der Waals surface area contributed by atoms with E-state index in [2.05, 4.69) is 5.32 Å². The van der Waals surface area contributed by atoms with Crippen LogP contribution in [0.3, 0.4) is 0 Å². The normalized spacial score (nSPS) is 22.4. The van der Waals surface area contributed by atoms with Gasteiger partial charge >= 0.3 is 0 Å². The Morgan fingerprint density at radius 1 is 1.40 bits per heavy atom. The predicted octanol–water partition coefficient (Wildman–Crippen LogP) is 1.73. The fourth-order valence-corrected chi connectivity index (χ4v) is 2.74. The topological polar surface area (TPSA) is 98.3 Å².